The Kier molecular flexibility index (Phi) is 5.98. The van der Waals surface area contributed by atoms with Crippen LogP contribution in [0.5, 0.6) is 0 Å². The van der Waals surface area contributed by atoms with Crippen LogP contribution in [0, 0.1) is 5.41 Å². The monoisotopic (exact) mass is 304 g/mol. The second-order valence-corrected chi connectivity index (χ2v) is 6.75. The predicted octanol–water partition coefficient (Wildman–Crippen LogP) is 2.05. The van der Waals surface area contributed by atoms with Crippen LogP contribution in [0.15, 0.2) is 30.3 Å². The summed E-state index contributed by atoms with van der Waals surface area (Å²) in [4.78, 5) is 15.6. The molecule has 1 aliphatic heterocycles. The Balaban J connectivity index is 1.98. The van der Waals surface area contributed by atoms with Crippen molar-refractivity contribution in [2.45, 2.75) is 19.3 Å². The quantitative estimate of drug-likeness (QED) is 0.806. The van der Waals surface area contributed by atoms with Gasteiger partial charge < -0.3 is 14.5 Å². The van der Waals surface area contributed by atoms with Gasteiger partial charge in [0.2, 0.25) is 5.91 Å². The highest BCUT2D eigenvalue weighted by molar-refractivity contribution is 5.76. The zero-order valence-corrected chi connectivity index (χ0v) is 14.0. The molecule has 1 aliphatic rings. The number of likely N-dealkylation sites (tertiary alicyclic amines) is 1. The number of likely N-dealkylation sites (N-methyl/N-ethyl adjacent to an activating group) is 1. The standard InChI is InChI=1S/C18H28N2O2/c1-19(2)17(21)14-22-15-18(9-11-20(3)12-10-18)13-16-7-5-4-6-8-16/h4-8H,9-15H2,1-3H3. The van der Waals surface area contributed by atoms with Crippen LogP contribution in [-0.4, -0.2) is 63.2 Å². The summed E-state index contributed by atoms with van der Waals surface area (Å²) in [5.74, 6) is 0.0304. The van der Waals surface area contributed by atoms with E-state index in [2.05, 4.69) is 42.3 Å². The molecule has 2 rings (SSSR count). The van der Waals surface area contributed by atoms with E-state index in [9.17, 15) is 4.79 Å². The van der Waals surface area contributed by atoms with E-state index in [1.807, 2.05) is 0 Å². The summed E-state index contributed by atoms with van der Waals surface area (Å²) in [5, 5.41) is 0. The largest absolute Gasteiger partial charge is 0.371 e. The summed E-state index contributed by atoms with van der Waals surface area (Å²) in [6, 6.07) is 10.6. The van der Waals surface area contributed by atoms with Gasteiger partial charge in [-0.15, -0.1) is 0 Å². The minimum Gasteiger partial charge on any atom is -0.371 e. The number of hydrogen-bond acceptors (Lipinski definition) is 3. The smallest absolute Gasteiger partial charge is 0.248 e. The molecule has 1 aromatic carbocycles. The lowest BCUT2D eigenvalue weighted by Gasteiger charge is -2.40. The average Bonchev–Trinajstić information content (AvgIpc) is 2.51. The van der Waals surface area contributed by atoms with Crippen LogP contribution >= 0.6 is 0 Å². The Morgan fingerprint density at radius 2 is 1.86 bits per heavy atom. The first-order valence-electron chi connectivity index (χ1n) is 8.01. The number of carbonyl (C=O) groups is 1. The molecule has 0 bridgehead atoms. The van der Waals surface area contributed by atoms with Crippen molar-refractivity contribution >= 4 is 5.91 Å². The SMILES string of the molecule is CN1CCC(COCC(=O)N(C)C)(Cc2ccccc2)CC1. The molecule has 0 spiro atoms. The highest BCUT2D eigenvalue weighted by Gasteiger charge is 2.34. The fourth-order valence-corrected chi connectivity index (χ4v) is 2.98. The third-order valence-corrected chi connectivity index (χ3v) is 4.60. The van der Waals surface area contributed by atoms with E-state index >= 15 is 0 Å². The lowest BCUT2D eigenvalue weighted by atomic mass is 9.74. The maximum Gasteiger partial charge on any atom is 0.248 e. The fourth-order valence-electron chi connectivity index (χ4n) is 2.98. The summed E-state index contributed by atoms with van der Waals surface area (Å²) >= 11 is 0. The summed E-state index contributed by atoms with van der Waals surface area (Å²) < 4.78 is 5.80. The van der Waals surface area contributed by atoms with Gasteiger partial charge in [-0.05, 0) is 45.0 Å². The molecule has 4 nitrogen and oxygen atoms in total. The van der Waals surface area contributed by atoms with E-state index < -0.39 is 0 Å². The topological polar surface area (TPSA) is 32.8 Å². The molecule has 0 aromatic heterocycles. The van der Waals surface area contributed by atoms with Crippen molar-refractivity contribution in [3.05, 3.63) is 35.9 Å². The highest BCUT2D eigenvalue weighted by Crippen LogP contribution is 2.35. The van der Waals surface area contributed by atoms with Crippen LogP contribution in [0.4, 0.5) is 0 Å². The first-order valence-corrected chi connectivity index (χ1v) is 8.01. The molecular formula is C18H28N2O2. The van der Waals surface area contributed by atoms with Gasteiger partial charge in [-0.1, -0.05) is 30.3 Å². The molecule has 1 heterocycles. The lowest BCUT2D eigenvalue weighted by molar-refractivity contribution is -0.135. The van der Waals surface area contributed by atoms with Crippen LogP contribution in [0.3, 0.4) is 0 Å². The van der Waals surface area contributed by atoms with Crippen molar-refractivity contribution in [3.63, 3.8) is 0 Å². The predicted molar refractivity (Wildman–Crippen MR) is 88.8 cm³/mol. The molecule has 0 radical (unpaired) electrons. The molecule has 4 heteroatoms. The number of ether oxygens (including phenoxy) is 1. The Morgan fingerprint density at radius 1 is 1.23 bits per heavy atom. The Labute approximate surface area is 134 Å². The molecule has 1 fully saturated rings. The molecule has 0 atom stereocenters. The van der Waals surface area contributed by atoms with Crippen molar-refractivity contribution in [1.29, 1.82) is 0 Å². The van der Waals surface area contributed by atoms with Gasteiger partial charge in [-0.25, -0.2) is 0 Å². The normalized spacial score (nSPS) is 18.1. The number of amides is 1. The lowest BCUT2D eigenvalue weighted by Crippen LogP contribution is -2.42. The van der Waals surface area contributed by atoms with Crippen molar-refractivity contribution in [3.8, 4) is 0 Å². The molecule has 0 unspecified atom stereocenters. The van der Waals surface area contributed by atoms with E-state index in [0.29, 0.717) is 6.61 Å². The van der Waals surface area contributed by atoms with Crippen molar-refractivity contribution in [1.82, 2.24) is 9.80 Å². The van der Waals surface area contributed by atoms with E-state index in [1.165, 1.54) is 5.56 Å². The van der Waals surface area contributed by atoms with Crippen LogP contribution < -0.4 is 0 Å². The number of carbonyl (C=O) groups excluding carboxylic acids is 1. The van der Waals surface area contributed by atoms with Gasteiger partial charge in [0.25, 0.3) is 0 Å². The third kappa shape index (κ3) is 4.82. The van der Waals surface area contributed by atoms with Crippen LogP contribution in [0.2, 0.25) is 0 Å². The number of nitrogens with zero attached hydrogens (tertiary/aromatic N) is 2. The Hall–Kier alpha value is -1.39. The van der Waals surface area contributed by atoms with Crippen molar-refractivity contribution in [2.24, 2.45) is 5.41 Å². The summed E-state index contributed by atoms with van der Waals surface area (Å²) in [5.41, 5.74) is 1.51. The summed E-state index contributed by atoms with van der Waals surface area (Å²) in [6.45, 7) is 3.03. The first kappa shape index (κ1) is 17.0. The number of benzene rings is 1. The second-order valence-electron chi connectivity index (χ2n) is 6.75. The molecule has 1 amide bonds. The van der Waals surface area contributed by atoms with Gasteiger partial charge in [-0.2, -0.15) is 0 Å². The maximum atomic E-state index is 11.7. The Morgan fingerprint density at radius 3 is 2.45 bits per heavy atom. The van der Waals surface area contributed by atoms with Crippen LogP contribution in [0.1, 0.15) is 18.4 Å². The van der Waals surface area contributed by atoms with Gasteiger partial charge in [-0.3, -0.25) is 4.79 Å². The molecule has 1 aromatic rings. The molecule has 0 saturated carbocycles. The van der Waals surface area contributed by atoms with E-state index in [0.717, 1.165) is 32.4 Å². The first-order chi connectivity index (χ1) is 10.5. The Bertz CT molecular complexity index is 465. The van der Waals surface area contributed by atoms with Gasteiger partial charge in [0, 0.05) is 19.5 Å². The summed E-state index contributed by atoms with van der Waals surface area (Å²) in [7, 11) is 5.70. The van der Waals surface area contributed by atoms with Crippen LogP contribution in [-0.2, 0) is 16.0 Å². The zero-order chi connectivity index (χ0) is 16.0. The van der Waals surface area contributed by atoms with Crippen molar-refractivity contribution < 1.29 is 9.53 Å². The second kappa shape index (κ2) is 7.75. The van der Waals surface area contributed by atoms with Gasteiger partial charge in [0.15, 0.2) is 0 Å². The number of rotatable bonds is 6. The molecule has 122 valence electrons. The third-order valence-electron chi connectivity index (χ3n) is 4.60. The van der Waals surface area contributed by atoms with Gasteiger partial charge in [0.05, 0.1) is 6.61 Å². The van der Waals surface area contributed by atoms with Crippen molar-refractivity contribution in [2.75, 3.05) is 47.4 Å². The molecule has 22 heavy (non-hydrogen) atoms. The minimum absolute atomic E-state index is 0.0304. The van der Waals surface area contributed by atoms with Gasteiger partial charge in [0.1, 0.15) is 6.61 Å². The molecule has 1 saturated heterocycles. The average molecular weight is 304 g/mol. The van der Waals surface area contributed by atoms with E-state index in [1.54, 1.807) is 19.0 Å². The maximum absolute atomic E-state index is 11.7. The van der Waals surface area contributed by atoms with E-state index in [4.69, 9.17) is 4.74 Å². The zero-order valence-electron chi connectivity index (χ0n) is 14.0. The minimum atomic E-state index is 0.0304. The highest BCUT2D eigenvalue weighted by atomic mass is 16.5. The van der Waals surface area contributed by atoms with E-state index in [-0.39, 0.29) is 17.9 Å². The summed E-state index contributed by atoms with van der Waals surface area (Å²) in [6.07, 6.45) is 3.26. The fraction of sp³-hybridized carbons (Fsp3) is 0.611. The number of piperidine rings is 1. The van der Waals surface area contributed by atoms with Crippen LogP contribution in [0.25, 0.3) is 0 Å². The van der Waals surface area contributed by atoms with Gasteiger partial charge >= 0.3 is 0 Å². The molecule has 0 N–H and O–H groups in total. The molecule has 0 aliphatic carbocycles. The molecular weight excluding hydrogens is 276 g/mol. The number of hydrogen-bond donors (Lipinski definition) is 0.